The van der Waals surface area contributed by atoms with Gasteiger partial charge in [0.15, 0.2) is 0 Å². The zero-order chi connectivity index (χ0) is 22.4. The molecule has 1 aliphatic heterocycles. The van der Waals surface area contributed by atoms with Gasteiger partial charge in [-0.1, -0.05) is 6.92 Å². The van der Waals surface area contributed by atoms with Crippen LogP contribution in [0.5, 0.6) is 0 Å². The van der Waals surface area contributed by atoms with E-state index >= 15 is 0 Å². The van der Waals surface area contributed by atoms with Crippen LogP contribution in [-0.4, -0.2) is 79.3 Å². The number of carbonyl (C=O) groups is 1. The van der Waals surface area contributed by atoms with Crippen molar-refractivity contribution in [1.82, 2.24) is 0 Å². The number of aliphatic hydroxyl groups is 6. The van der Waals surface area contributed by atoms with Gasteiger partial charge >= 0.3 is 5.97 Å². The number of esters is 1. The summed E-state index contributed by atoms with van der Waals surface area (Å²) in [6, 6.07) is 0. The molecule has 0 radical (unpaired) electrons. The zero-order valence-electron chi connectivity index (χ0n) is 17.9. The molecule has 8 heteroatoms. The maximum Gasteiger partial charge on any atom is 0.331 e. The summed E-state index contributed by atoms with van der Waals surface area (Å²) in [6.07, 6.45) is 0.531. The van der Waals surface area contributed by atoms with Crippen LogP contribution in [0.3, 0.4) is 0 Å². The predicted octanol–water partition coefficient (Wildman–Crippen LogP) is -0.367. The standard InChI is InChI=1S/C23H34O8/c1-20-9-16(26)19-15(23(20,30)5-3-14(20)12-6-18(28)31-10-12)2-4-21(29)8-13(25)7-17(27)22(19,21)11-24/h6,13-17,19,24-27,29-30H,2-5,7-11H2,1H3/t13-,14+,15+,16-,17+,19+,20+,21-,22+,23+/m0/s1. The van der Waals surface area contributed by atoms with Gasteiger partial charge in [0.1, 0.15) is 6.61 Å². The third kappa shape index (κ3) is 2.55. The Labute approximate surface area is 181 Å². The molecule has 6 N–H and O–H groups in total. The van der Waals surface area contributed by atoms with Gasteiger partial charge in [0, 0.05) is 30.3 Å². The van der Waals surface area contributed by atoms with Crippen LogP contribution in [0, 0.1) is 28.6 Å². The molecule has 0 bridgehead atoms. The van der Waals surface area contributed by atoms with Crippen molar-refractivity contribution in [1.29, 1.82) is 0 Å². The van der Waals surface area contributed by atoms with Crippen molar-refractivity contribution < 1.29 is 40.2 Å². The van der Waals surface area contributed by atoms with Crippen LogP contribution in [0.4, 0.5) is 0 Å². The Kier molecular flexibility index (Phi) is 4.74. The fourth-order valence-corrected chi connectivity index (χ4v) is 8.69. The smallest absolute Gasteiger partial charge is 0.331 e. The lowest BCUT2D eigenvalue weighted by molar-refractivity contribution is -0.317. The van der Waals surface area contributed by atoms with Gasteiger partial charge in [-0.3, -0.25) is 0 Å². The summed E-state index contributed by atoms with van der Waals surface area (Å²) >= 11 is 0. The highest BCUT2D eigenvalue weighted by atomic mass is 16.5. The molecule has 0 aromatic carbocycles. The molecule has 31 heavy (non-hydrogen) atoms. The van der Waals surface area contributed by atoms with E-state index in [0.717, 1.165) is 5.57 Å². The molecule has 0 unspecified atom stereocenters. The van der Waals surface area contributed by atoms with E-state index in [0.29, 0.717) is 19.3 Å². The highest BCUT2D eigenvalue weighted by molar-refractivity contribution is 5.85. The third-order valence-electron chi connectivity index (χ3n) is 10.1. The van der Waals surface area contributed by atoms with Gasteiger partial charge in [-0.25, -0.2) is 4.79 Å². The molecule has 0 aromatic rings. The highest BCUT2D eigenvalue weighted by Gasteiger charge is 2.75. The lowest BCUT2D eigenvalue weighted by atomic mass is 9.40. The summed E-state index contributed by atoms with van der Waals surface area (Å²) in [5, 5.41) is 67.0. The summed E-state index contributed by atoms with van der Waals surface area (Å²) in [5.74, 6) is -1.62. The van der Waals surface area contributed by atoms with E-state index in [1.807, 2.05) is 6.92 Å². The first-order valence-corrected chi connectivity index (χ1v) is 11.5. The highest BCUT2D eigenvalue weighted by Crippen LogP contribution is 2.70. The van der Waals surface area contributed by atoms with E-state index in [9.17, 15) is 35.4 Å². The second-order valence-corrected chi connectivity index (χ2v) is 11.0. The molecular weight excluding hydrogens is 404 g/mol. The molecule has 8 nitrogen and oxygen atoms in total. The lowest BCUT2D eigenvalue weighted by Crippen LogP contribution is -2.75. The molecule has 0 saturated heterocycles. The van der Waals surface area contributed by atoms with E-state index in [2.05, 4.69) is 0 Å². The topological polar surface area (TPSA) is 148 Å². The average molecular weight is 439 g/mol. The molecule has 0 spiro atoms. The first-order chi connectivity index (χ1) is 14.5. The summed E-state index contributed by atoms with van der Waals surface area (Å²) in [4.78, 5) is 11.7. The Morgan fingerprint density at radius 3 is 2.52 bits per heavy atom. The minimum Gasteiger partial charge on any atom is -0.458 e. The molecule has 5 rings (SSSR count). The maximum absolute atomic E-state index is 12.1. The number of cyclic esters (lactones) is 1. The van der Waals surface area contributed by atoms with Crippen molar-refractivity contribution in [2.45, 2.75) is 81.4 Å². The molecular formula is C23H34O8. The molecule has 10 atom stereocenters. The van der Waals surface area contributed by atoms with Crippen molar-refractivity contribution in [3.05, 3.63) is 11.6 Å². The number of carbonyl (C=O) groups excluding carboxylic acids is 1. The number of hydrogen-bond donors (Lipinski definition) is 6. The van der Waals surface area contributed by atoms with E-state index in [1.54, 1.807) is 0 Å². The molecule has 4 aliphatic carbocycles. The summed E-state index contributed by atoms with van der Waals surface area (Å²) < 4.78 is 5.11. The van der Waals surface area contributed by atoms with Crippen LogP contribution in [0.2, 0.25) is 0 Å². The quantitative estimate of drug-likeness (QED) is 0.320. The first-order valence-electron chi connectivity index (χ1n) is 11.5. The van der Waals surface area contributed by atoms with E-state index in [-0.39, 0.29) is 44.2 Å². The Hall–Kier alpha value is -1.03. The molecule has 0 amide bonds. The van der Waals surface area contributed by atoms with Gasteiger partial charge in [0.2, 0.25) is 0 Å². The Bertz CT molecular complexity index is 813. The fourth-order valence-electron chi connectivity index (χ4n) is 8.69. The minimum absolute atomic E-state index is 0.0173. The first kappa shape index (κ1) is 21.8. The zero-order valence-corrected chi connectivity index (χ0v) is 17.9. The van der Waals surface area contributed by atoms with Gasteiger partial charge in [0.05, 0.1) is 41.5 Å². The number of fused-ring (bicyclic) bond motifs is 5. The SMILES string of the molecule is C[C@]12C[C@H](O)[C@H]3[C@@H](CC[C@]4(O)C[C@@H](O)C[C@@H](O)[C@]34CO)[C@]1(O)CC[C@@H]2C1=CC(=O)OC1. The van der Waals surface area contributed by atoms with Crippen LogP contribution >= 0.6 is 0 Å². The molecule has 0 aromatic heterocycles. The fraction of sp³-hybridized carbons (Fsp3) is 0.870. The van der Waals surface area contributed by atoms with Crippen LogP contribution in [0.1, 0.15) is 51.9 Å². The summed E-state index contributed by atoms with van der Waals surface area (Å²) in [7, 11) is 0. The number of aliphatic hydroxyl groups excluding tert-OH is 4. The maximum atomic E-state index is 12.1. The van der Waals surface area contributed by atoms with Gasteiger partial charge in [-0.05, 0) is 49.5 Å². The summed E-state index contributed by atoms with van der Waals surface area (Å²) in [5.41, 5.74) is -3.95. The summed E-state index contributed by atoms with van der Waals surface area (Å²) in [6.45, 7) is 1.64. The number of ether oxygens (including phenoxy) is 1. The molecule has 5 aliphatic rings. The Morgan fingerprint density at radius 1 is 1.13 bits per heavy atom. The van der Waals surface area contributed by atoms with Crippen molar-refractivity contribution in [2.24, 2.45) is 28.6 Å². The van der Waals surface area contributed by atoms with Gasteiger partial charge < -0.3 is 35.4 Å². The van der Waals surface area contributed by atoms with Crippen LogP contribution in [-0.2, 0) is 9.53 Å². The van der Waals surface area contributed by atoms with Crippen LogP contribution in [0.25, 0.3) is 0 Å². The third-order valence-corrected chi connectivity index (χ3v) is 10.1. The molecule has 4 fully saturated rings. The minimum atomic E-state index is -1.52. The van der Waals surface area contributed by atoms with E-state index in [1.165, 1.54) is 6.08 Å². The van der Waals surface area contributed by atoms with Gasteiger partial charge in [-0.2, -0.15) is 0 Å². The Morgan fingerprint density at radius 2 is 1.87 bits per heavy atom. The number of hydrogen-bond acceptors (Lipinski definition) is 8. The molecule has 1 heterocycles. The second kappa shape index (κ2) is 6.74. The largest absolute Gasteiger partial charge is 0.458 e. The van der Waals surface area contributed by atoms with Gasteiger partial charge in [-0.15, -0.1) is 0 Å². The second-order valence-electron chi connectivity index (χ2n) is 11.0. The average Bonchev–Trinajstić information content (AvgIpc) is 3.21. The van der Waals surface area contributed by atoms with Gasteiger partial charge in [0.25, 0.3) is 0 Å². The molecule has 174 valence electrons. The van der Waals surface area contributed by atoms with Crippen molar-refractivity contribution in [3.8, 4) is 0 Å². The monoisotopic (exact) mass is 438 g/mol. The van der Waals surface area contributed by atoms with Crippen LogP contribution in [0.15, 0.2) is 11.6 Å². The number of rotatable bonds is 2. The molecule has 4 saturated carbocycles. The van der Waals surface area contributed by atoms with Crippen molar-refractivity contribution in [3.63, 3.8) is 0 Å². The van der Waals surface area contributed by atoms with Crippen molar-refractivity contribution >= 4 is 5.97 Å². The van der Waals surface area contributed by atoms with Crippen molar-refractivity contribution in [2.75, 3.05) is 13.2 Å². The predicted molar refractivity (Wildman–Crippen MR) is 107 cm³/mol. The Balaban J connectivity index is 1.58. The van der Waals surface area contributed by atoms with Crippen LogP contribution < -0.4 is 0 Å². The van der Waals surface area contributed by atoms with E-state index < -0.39 is 58.8 Å². The lowest BCUT2D eigenvalue weighted by Gasteiger charge is -2.68. The normalized spacial score (nSPS) is 56.4. The van der Waals surface area contributed by atoms with E-state index in [4.69, 9.17) is 4.74 Å².